The molecular weight excluding hydrogens is 178 g/mol. The number of primary amides is 1. The summed E-state index contributed by atoms with van der Waals surface area (Å²) in [6, 6.07) is -0.265. The van der Waals surface area contributed by atoms with Gasteiger partial charge in [0.1, 0.15) is 0 Å². The van der Waals surface area contributed by atoms with Crippen LogP contribution in [-0.2, 0) is 0 Å². The molecule has 0 atom stereocenters. The number of nitrogens with two attached hydrogens (primary N) is 1. The first-order chi connectivity index (χ1) is 6.74. The van der Waals surface area contributed by atoms with Crippen LogP contribution < -0.4 is 11.1 Å². The zero-order valence-electron chi connectivity index (χ0n) is 8.96. The molecule has 0 unspecified atom stereocenters. The van der Waals surface area contributed by atoms with Crippen LogP contribution in [0.25, 0.3) is 0 Å². The van der Waals surface area contributed by atoms with Crippen LogP contribution in [0.4, 0.5) is 4.79 Å². The number of piperidine rings is 1. The molecule has 1 saturated heterocycles. The summed E-state index contributed by atoms with van der Waals surface area (Å²) in [5.41, 5.74) is 5.21. The lowest BCUT2D eigenvalue weighted by Crippen LogP contribution is -2.41. The van der Waals surface area contributed by atoms with Crippen LogP contribution >= 0.6 is 0 Å². The topological polar surface area (TPSA) is 58.4 Å². The molecule has 1 aliphatic heterocycles. The maximum Gasteiger partial charge on any atom is 0.314 e. The maximum atomic E-state index is 10.9. The molecule has 3 N–H and O–H groups in total. The number of hydrogen-bond donors (Lipinski definition) is 2. The van der Waals surface area contributed by atoms with Crippen molar-refractivity contribution in [2.45, 2.75) is 25.7 Å². The highest BCUT2D eigenvalue weighted by atomic mass is 16.2. The largest absolute Gasteiger partial charge is 0.351 e. The lowest BCUT2D eigenvalue weighted by Gasteiger charge is -2.30. The molecule has 0 radical (unpaired) electrons. The molecular formula is C10H21N3O. The van der Waals surface area contributed by atoms with Crippen LogP contribution in [0.3, 0.4) is 0 Å². The van der Waals surface area contributed by atoms with E-state index in [2.05, 4.69) is 5.32 Å². The van der Waals surface area contributed by atoms with Gasteiger partial charge >= 0.3 is 6.03 Å². The molecule has 2 amide bonds. The van der Waals surface area contributed by atoms with Gasteiger partial charge in [0.2, 0.25) is 0 Å². The van der Waals surface area contributed by atoms with Gasteiger partial charge in [0, 0.05) is 13.1 Å². The van der Waals surface area contributed by atoms with E-state index in [0.717, 1.165) is 38.4 Å². The lowest BCUT2D eigenvalue weighted by molar-refractivity contribution is 0.175. The molecule has 82 valence electrons. The van der Waals surface area contributed by atoms with Crippen molar-refractivity contribution < 1.29 is 4.79 Å². The van der Waals surface area contributed by atoms with Gasteiger partial charge in [-0.25, -0.2) is 4.79 Å². The molecule has 0 aliphatic carbocycles. The Morgan fingerprint density at radius 2 is 2.14 bits per heavy atom. The van der Waals surface area contributed by atoms with Crippen molar-refractivity contribution in [2.24, 2.45) is 11.7 Å². The fraction of sp³-hybridized carbons (Fsp3) is 0.900. The summed E-state index contributed by atoms with van der Waals surface area (Å²) in [5, 5.41) is 3.15. The SMILES string of the molecule is CNCCCC1CCN(C(N)=O)CC1. The number of carbonyl (C=O) groups is 1. The van der Waals surface area contributed by atoms with Crippen molar-refractivity contribution in [3.63, 3.8) is 0 Å². The molecule has 1 fully saturated rings. The van der Waals surface area contributed by atoms with Gasteiger partial charge < -0.3 is 16.0 Å². The van der Waals surface area contributed by atoms with Gasteiger partial charge in [-0.1, -0.05) is 0 Å². The third kappa shape index (κ3) is 3.54. The van der Waals surface area contributed by atoms with E-state index in [-0.39, 0.29) is 6.03 Å². The van der Waals surface area contributed by atoms with E-state index >= 15 is 0 Å². The van der Waals surface area contributed by atoms with Crippen LogP contribution in [0.5, 0.6) is 0 Å². The van der Waals surface area contributed by atoms with Gasteiger partial charge in [0.25, 0.3) is 0 Å². The second-order valence-electron chi connectivity index (χ2n) is 4.01. The second-order valence-corrected chi connectivity index (χ2v) is 4.01. The highest BCUT2D eigenvalue weighted by Gasteiger charge is 2.20. The first-order valence-corrected chi connectivity index (χ1v) is 5.43. The molecule has 4 nitrogen and oxygen atoms in total. The van der Waals surface area contributed by atoms with Crippen molar-refractivity contribution in [3.05, 3.63) is 0 Å². The lowest BCUT2D eigenvalue weighted by atomic mass is 9.92. The highest BCUT2D eigenvalue weighted by molar-refractivity contribution is 5.72. The summed E-state index contributed by atoms with van der Waals surface area (Å²) in [4.78, 5) is 12.6. The van der Waals surface area contributed by atoms with E-state index in [1.165, 1.54) is 12.8 Å². The molecule has 0 aromatic carbocycles. The van der Waals surface area contributed by atoms with Crippen LogP contribution in [0.1, 0.15) is 25.7 Å². The number of carbonyl (C=O) groups excluding carboxylic acids is 1. The van der Waals surface area contributed by atoms with Crippen molar-refractivity contribution >= 4 is 6.03 Å². The number of rotatable bonds is 4. The predicted molar refractivity (Wildman–Crippen MR) is 57.0 cm³/mol. The Morgan fingerprint density at radius 3 is 2.64 bits per heavy atom. The number of nitrogens with one attached hydrogen (secondary N) is 1. The highest BCUT2D eigenvalue weighted by Crippen LogP contribution is 2.21. The predicted octanol–water partition coefficient (Wildman–Crippen LogP) is 0.777. The zero-order valence-corrected chi connectivity index (χ0v) is 8.96. The molecule has 0 spiro atoms. The molecule has 1 heterocycles. The Kier molecular flexibility index (Phi) is 4.73. The minimum atomic E-state index is -0.265. The number of amides is 2. The third-order valence-electron chi connectivity index (χ3n) is 2.97. The quantitative estimate of drug-likeness (QED) is 0.657. The summed E-state index contributed by atoms with van der Waals surface area (Å²) in [5.74, 6) is 0.791. The molecule has 0 aromatic rings. The van der Waals surface area contributed by atoms with E-state index in [9.17, 15) is 4.79 Å². The van der Waals surface area contributed by atoms with Crippen molar-refractivity contribution in [3.8, 4) is 0 Å². The van der Waals surface area contributed by atoms with E-state index < -0.39 is 0 Å². The first kappa shape index (κ1) is 11.3. The minimum Gasteiger partial charge on any atom is -0.351 e. The third-order valence-corrected chi connectivity index (χ3v) is 2.97. The monoisotopic (exact) mass is 199 g/mol. The van der Waals surface area contributed by atoms with E-state index in [1.807, 2.05) is 7.05 Å². The Labute approximate surface area is 85.8 Å². The van der Waals surface area contributed by atoms with E-state index in [4.69, 9.17) is 5.73 Å². The average Bonchev–Trinajstić information content (AvgIpc) is 2.19. The van der Waals surface area contributed by atoms with Crippen molar-refractivity contribution in [1.82, 2.24) is 10.2 Å². The molecule has 4 heteroatoms. The number of nitrogens with zero attached hydrogens (tertiary/aromatic N) is 1. The summed E-state index contributed by atoms with van der Waals surface area (Å²) >= 11 is 0. The fourth-order valence-corrected chi connectivity index (χ4v) is 2.01. The average molecular weight is 199 g/mol. The summed E-state index contributed by atoms with van der Waals surface area (Å²) in [7, 11) is 1.98. The molecule has 0 aromatic heterocycles. The van der Waals surface area contributed by atoms with E-state index in [0.29, 0.717) is 0 Å². The van der Waals surface area contributed by atoms with Gasteiger partial charge in [0.05, 0.1) is 0 Å². The number of urea groups is 1. The first-order valence-electron chi connectivity index (χ1n) is 5.43. The summed E-state index contributed by atoms with van der Waals surface area (Å²) in [6.45, 7) is 2.79. The summed E-state index contributed by atoms with van der Waals surface area (Å²) in [6.07, 6.45) is 4.74. The van der Waals surface area contributed by atoms with Crippen molar-refractivity contribution in [2.75, 3.05) is 26.7 Å². The minimum absolute atomic E-state index is 0.265. The van der Waals surface area contributed by atoms with Crippen molar-refractivity contribution in [1.29, 1.82) is 0 Å². The van der Waals surface area contributed by atoms with Gasteiger partial charge in [-0.15, -0.1) is 0 Å². The van der Waals surface area contributed by atoms with Crippen LogP contribution in [0.15, 0.2) is 0 Å². The Bertz CT molecular complexity index is 176. The Morgan fingerprint density at radius 1 is 1.50 bits per heavy atom. The van der Waals surface area contributed by atoms with Gasteiger partial charge in [-0.3, -0.25) is 0 Å². The fourth-order valence-electron chi connectivity index (χ4n) is 2.01. The van der Waals surface area contributed by atoms with Crippen LogP contribution in [0, 0.1) is 5.92 Å². The number of hydrogen-bond acceptors (Lipinski definition) is 2. The number of likely N-dealkylation sites (tertiary alicyclic amines) is 1. The molecule has 1 rings (SSSR count). The maximum absolute atomic E-state index is 10.9. The smallest absolute Gasteiger partial charge is 0.314 e. The second kappa shape index (κ2) is 5.86. The Hall–Kier alpha value is -0.770. The molecule has 1 aliphatic rings. The standard InChI is InChI=1S/C10H21N3O/c1-12-6-2-3-9-4-7-13(8-5-9)10(11)14/h9,12H,2-8H2,1H3,(H2,11,14). The van der Waals surface area contributed by atoms with Gasteiger partial charge in [0.15, 0.2) is 0 Å². The van der Waals surface area contributed by atoms with Crippen LogP contribution in [0.2, 0.25) is 0 Å². The normalized spacial score (nSPS) is 18.5. The summed E-state index contributed by atoms with van der Waals surface area (Å²) < 4.78 is 0. The van der Waals surface area contributed by atoms with E-state index in [1.54, 1.807) is 4.90 Å². The Balaban J connectivity index is 2.12. The van der Waals surface area contributed by atoms with Gasteiger partial charge in [-0.2, -0.15) is 0 Å². The molecule has 14 heavy (non-hydrogen) atoms. The zero-order chi connectivity index (χ0) is 10.4. The molecule has 0 bridgehead atoms. The van der Waals surface area contributed by atoms with Gasteiger partial charge in [-0.05, 0) is 45.2 Å². The van der Waals surface area contributed by atoms with Crippen LogP contribution in [-0.4, -0.2) is 37.6 Å². The molecule has 0 saturated carbocycles.